The third kappa shape index (κ3) is 2.59. The summed E-state index contributed by atoms with van der Waals surface area (Å²) in [5, 5.41) is 10.2. The molecular formula is C10H10N4O3S. The third-order valence-electron chi connectivity index (χ3n) is 2.19. The van der Waals surface area contributed by atoms with E-state index in [0.29, 0.717) is 21.3 Å². The lowest BCUT2D eigenvalue weighted by Crippen LogP contribution is -2.22. The predicted octanol–water partition coefficient (Wildman–Crippen LogP) is 0.967. The van der Waals surface area contributed by atoms with Gasteiger partial charge in [-0.05, 0) is 6.92 Å². The van der Waals surface area contributed by atoms with E-state index in [1.54, 1.807) is 6.92 Å². The lowest BCUT2D eigenvalue weighted by atomic mass is 10.3. The molecule has 0 spiro atoms. The Morgan fingerprint density at radius 1 is 1.44 bits per heavy atom. The van der Waals surface area contributed by atoms with Crippen molar-refractivity contribution in [2.45, 2.75) is 20.4 Å². The van der Waals surface area contributed by atoms with Gasteiger partial charge >= 0.3 is 0 Å². The standard InChI is InChI=1S/C10H10N4O3S/c1-5-7(14-17-13-5)3-11-9(16)8-4-12-10(18-8)6(2)15/h4H,3H2,1-2H3,(H,11,16). The second-order valence-electron chi connectivity index (χ2n) is 3.56. The molecule has 1 amide bonds. The van der Waals surface area contributed by atoms with Crippen molar-refractivity contribution in [2.75, 3.05) is 0 Å². The van der Waals surface area contributed by atoms with Crippen molar-refractivity contribution in [3.05, 3.63) is 27.5 Å². The highest BCUT2D eigenvalue weighted by atomic mass is 32.1. The second-order valence-corrected chi connectivity index (χ2v) is 4.60. The maximum absolute atomic E-state index is 11.8. The van der Waals surface area contributed by atoms with Crippen LogP contribution in [0, 0.1) is 6.92 Å². The molecule has 2 aromatic rings. The molecule has 0 aliphatic carbocycles. The van der Waals surface area contributed by atoms with Crippen LogP contribution in [-0.4, -0.2) is 27.0 Å². The van der Waals surface area contributed by atoms with Crippen LogP contribution in [0.2, 0.25) is 0 Å². The summed E-state index contributed by atoms with van der Waals surface area (Å²) in [6.07, 6.45) is 1.38. The van der Waals surface area contributed by atoms with Crippen LogP contribution in [0.25, 0.3) is 0 Å². The molecule has 94 valence electrons. The molecule has 0 aromatic carbocycles. The van der Waals surface area contributed by atoms with E-state index in [1.165, 1.54) is 13.1 Å². The second kappa shape index (κ2) is 5.05. The van der Waals surface area contributed by atoms with Crippen molar-refractivity contribution >= 4 is 23.0 Å². The molecule has 18 heavy (non-hydrogen) atoms. The molecule has 0 aliphatic rings. The minimum absolute atomic E-state index is 0.157. The fourth-order valence-corrected chi connectivity index (χ4v) is 1.93. The van der Waals surface area contributed by atoms with Gasteiger partial charge in [-0.2, -0.15) is 0 Å². The average molecular weight is 266 g/mol. The number of aryl methyl sites for hydroxylation is 1. The molecule has 2 rings (SSSR count). The van der Waals surface area contributed by atoms with Gasteiger partial charge in [-0.15, -0.1) is 11.3 Å². The SMILES string of the molecule is CC(=O)c1ncc(C(=O)NCc2nonc2C)s1. The number of nitrogens with zero attached hydrogens (tertiary/aromatic N) is 3. The molecule has 0 bridgehead atoms. The molecule has 7 nitrogen and oxygen atoms in total. The van der Waals surface area contributed by atoms with Crippen LogP contribution in [-0.2, 0) is 6.54 Å². The summed E-state index contributed by atoms with van der Waals surface area (Å²) in [7, 11) is 0. The smallest absolute Gasteiger partial charge is 0.263 e. The van der Waals surface area contributed by atoms with Gasteiger partial charge < -0.3 is 5.32 Å². The molecule has 0 aliphatic heterocycles. The van der Waals surface area contributed by atoms with Crippen LogP contribution >= 0.6 is 11.3 Å². The summed E-state index contributed by atoms with van der Waals surface area (Å²) >= 11 is 1.06. The molecule has 0 saturated carbocycles. The van der Waals surface area contributed by atoms with E-state index in [0.717, 1.165) is 11.3 Å². The first-order valence-electron chi connectivity index (χ1n) is 5.11. The van der Waals surface area contributed by atoms with E-state index in [4.69, 9.17) is 0 Å². The Hall–Kier alpha value is -2.09. The molecule has 0 atom stereocenters. The largest absolute Gasteiger partial charge is 0.345 e. The summed E-state index contributed by atoms with van der Waals surface area (Å²) in [6.45, 7) is 3.37. The average Bonchev–Trinajstić information content (AvgIpc) is 2.94. The number of carbonyl (C=O) groups excluding carboxylic acids is 2. The first kappa shape index (κ1) is 12.4. The molecule has 2 aromatic heterocycles. The Morgan fingerprint density at radius 3 is 2.78 bits per heavy atom. The summed E-state index contributed by atoms with van der Waals surface area (Å²) in [4.78, 5) is 27.1. The first-order valence-corrected chi connectivity index (χ1v) is 5.92. The van der Waals surface area contributed by atoms with Crippen LogP contribution in [0.3, 0.4) is 0 Å². The van der Waals surface area contributed by atoms with E-state index in [2.05, 4.69) is 25.2 Å². The topological polar surface area (TPSA) is 98.0 Å². The molecule has 2 heterocycles. The molecule has 0 saturated heterocycles. The summed E-state index contributed by atoms with van der Waals surface area (Å²) < 4.78 is 4.51. The zero-order valence-electron chi connectivity index (χ0n) is 9.76. The normalized spacial score (nSPS) is 10.3. The first-order chi connectivity index (χ1) is 8.58. The van der Waals surface area contributed by atoms with Crippen LogP contribution in [0.15, 0.2) is 10.8 Å². The van der Waals surface area contributed by atoms with Crippen molar-refractivity contribution in [2.24, 2.45) is 0 Å². The van der Waals surface area contributed by atoms with Gasteiger partial charge in [0.2, 0.25) is 0 Å². The Balaban J connectivity index is 1.99. The van der Waals surface area contributed by atoms with Gasteiger partial charge in [0.25, 0.3) is 5.91 Å². The quantitative estimate of drug-likeness (QED) is 0.828. The van der Waals surface area contributed by atoms with Gasteiger partial charge in [0, 0.05) is 6.92 Å². The summed E-state index contributed by atoms with van der Waals surface area (Å²) in [6, 6.07) is 0. The summed E-state index contributed by atoms with van der Waals surface area (Å²) in [5.41, 5.74) is 1.20. The maximum atomic E-state index is 11.8. The van der Waals surface area contributed by atoms with Crippen LogP contribution in [0.1, 0.15) is 37.8 Å². The lowest BCUT2D eigenvalue weighted by molar-refractivity contribution is 0.0953. The van der Waals surface area contributed by atoms with Gasteiger partial charge in [0.15, 0.2) is 10.8 Å². The number of ketones is 1. The Bertz CT molecular complexity index is 589. The van der Waals surface area contributed by atoms with Crippen molar-refractivity contribution in [3.63, 3.8) is 0 Å². The van der Waals surface area contributed by atoms with Gasteiger partial charge in [-0.25, -0.2) is 9.61 Å². The van der Waals surface area contributed by atoms with Crippen LogP contribution in [0.5, 0.6) is 0 Å². The van der Waals surface area contributed by atoms with Gasteiger partial charge in [-0.1, -0.05) is 10.3 Å². The van der Waals surface area contributed by atoms with Crippen molar-refractivity contribution < 1.29 is 14.2 Å². The molecule has 0 unspecified atom stereocenters. The van der Waals surface area contributed by atoms with Crippen LogP contribution in [0.4, 0.5) is 0 Å². The minimum atomic E-state index is -0.303. The van der Waals surface area contributed by atoms with E-state index >= 15 is 0 Å². The van der Waals surface area contributed by atoms with Gasteiger partial charge in [-0.3, -0.25) is 9.59 Å². The fourth-order valence-electron chi connectivity index (χ4n) is 1.20. The fraction of sp³-hybridized carbons (Fsp3) is 0.300. The number of Topliss-reactive ketones (excluding diaryl/α,β-unsaturated/α-hetero) is 1. The highest BCUT2D eigenvalue weighted by Gasteiger charge is 2.13. The number of nitrogens with one attached hydrogen (secondary N) is 1. The Morgan fingerprint density at radius 2 is 2.22 bits per heavy atom. The monoisotopic (exact) mass is 266 g/mol. The number of carbonyl (C=O) groups is 2. The Kier molecular flexibility index (Phi) is 3.47. The lowest BCUT2D eigenvalue weighted by Gasteiger charge is -1.99. The van der Waals surface area contributed by atoms with Crippen molar-refractivity contribution in [1.82, 2.24) is 20.6 Å². The molecular weight excluding hydrogens is 256 g/mol. The number of amides is 1. The Labute approximate surface area is 106 Å². The van der Waals surface area contributed by atoms with E-state index < -0.39 is 0 Å². The molecule has 0 radical (unpaired) electrons. The van der Waals surface area contributed by atoms with E-state index in [-0.39, 0.29) is 18.2 Å². The minimum Gasteiger partial charge on any atom is -0.345 e. The summed E-state index contributed by atoms with van der Waals surface area (Å²) in [5.74, 6) is -0.460. The predicted molar refractivity (Wildman–Crippen MR) is 62.3 cm³/mol. The van der Waals surface area contributed by atoms with Crippen molar-refractivity contribution in [3.8, 4) is 0 Å². The number of rotatable bonds is 4. The molecule has 8 heteroatoms. The number of aromatic nitrogens is 3. The zero-order valence-corrected chi connectivity index (χ0v) is 10.6. The zero-order chi connectivity index (χ0) is 13.1. The third-order valence-corrected chi connectivity index (χ3v) is 3.29. The van der Waals surface area contributed by atoms with Gasteiger partial charge in [0.1, 0.15) is 16.3 Å². The van der Waals surface area contributed by atoms with E-state index in [9.17, 15) is 9.59 Å². The van der Waals surface area contributed by atoms with Crippen molar-refractivity contribution in [1.29, 1.82) is 0 Å². The number of hydrogen-bond acceptors (Lipinski definition) is 7. The highest BCUT2D eigenvalue weighted by Crippen LogP contribution is 2.13. The van der Waals surface area contributed by atoms with E-state index in [1.807, 2.05) is 0 Å². The maximum Gasteiger partial charge on any atom is 0.263 e. The highest BCUT2D eigenvalue weighted by molar-refractivity contribution is 7.15. The van der Waals surface area contributed by atoms with Gasteiger partial charge in [0.05, 0.1) is 12.7 Å². The number of hydrogen-bond donors (Lipinski definition) is 1. The van der Waals surface area contributed by atoms with Crippen LogP contribution < -0.4 is 5.32 Å². The molecule has 1 N–H and O–H groups in total. The number of thiazole rings is 1. The molecule has 0 fully saturated rings.